The molecule has 3 aromatic rings. The molecule has 1 saturated carbocycles. The highest BCUT2D eigenvalue weighted by Crippen LogP contribution is 2.35. The highest BCUT2D eigenvalue weighted by Gasteiger charge is 2.31. The number of aromatic nitrogens is 1. The van der Waals surface area contributed by atoms with E-state index in [0.717, 1.165) is 49.0 Å². The number of benzene rings is 2. The average molecular weight is 484 g/mol. The highest BCUT2D eigenvalue weighted by molar-refractivity contribution is 7.89. The molecule has 0 radical (unpaired) electrons. The molecule has 1 amide bonds. The molecule has 33 heavy (non-hydrogen) atoms. The first-order valence-electron chi connectivity index (χ1n) is 11.8. The summed E-state index contributed by atoms with van der Waals surface area (Å²) in [4.78, 5) is 17.5. The third-order valence-electron chi connectivity index (χ3n) is 6.81. The van der Waals surface area contributed by atoms with Crippen molar-refractivity contribution in [1.82, 2.24) is 14.6 Å². The van der Waals surface area contributed by atoms with E-state index >= 15 is 0 Å². The van der Waals surface area contributed by atoms with Crippen molar-refractivity contribution in [3.05, 3.63) is 59.1 Å². The number of fused-ring (bicyclic) bond motifs is 1. The molecule has 0 bridgehead atoms. The van der Waals surface area contributed by atoms with Crippen molar-refractivity contribution in [3.8, 4) is 0 Å². The fraction of sp³-hybridized carbons (Fsp3) is 0.440. The number of nitrogens with one attached hydrogen (secondary N) is 1. The van der Waals surface area contributed by atoms with Gasteiger partial charge in [0, 0.05) is 30.6 Å². The standard InChI is InChI=1S/C25H29N3O3S2/c29-24(26-20-6-2-1-3-7-20)18-10-12-21(13-11-18)33(30,31)28-16-14-19(15-17-28)25-27-22-8-4-5-9-23(22)32-25/h4-5,8-13,19-20H,1-3,6-7,14-17H2,(H,26,29). The van der Waals surface area contributed by atoms with Crippen LogP contribution in [-0.4, -0.2) is 42.7 Å². The Labute approximate surface area is 199 Å². The number of piperidine rings is 1. The number of hydrogen-bond donors (Lipinski definition) is 1. The second-order valence-corrected chi connectivity index (χ2v) is 12.0. The normalized spacial score (nSPS) is 19.0. The molecular formula is C25H29N3O3S2. The molecule has 0 atom stereocenters. The number of sulfonamides is 1. The Kier molecular flexibility index (Phi) is 6.49. The average Bonchev–Trinajstić information content (AvgIpc) is 3.29. The van der Waals surface area contributed by atoms with Crippen molar-refractivity contribution in [3.63, 3.8) is 0 Å². The van der Waals surface area contributed by atoms with Gasteiger partial charge in [0.2, 0.25) is 10.0 Å². The summed E-state index contributed by atoms with van der Waals surface area (Å²) in [7, 11) is -3.58. The van der Waals surface area contributed by atoms with Gasteiger partial charge in [-0.15, -0.1) is 11.3 Å². The van der Waals surface area contributed by atoms with E-state index in [1.165, 1.54) is 11.1 Å². The van der Waals surface area contributed by atoms with Gasteiger partial charge in [0.25, 0.3) is 5.91 Å². The number of hydrogen-bond acceptors (Lipinski definition) is 5. The molecule has 0 spiro atoms. The number of nitrogens with zero attached hydrogens (tertiary/aromatic N) is 2. The number of carbonyl (C=O) groups is 1. The molecule has 0 unspecified atom stereocenters. The van der Waals surface area contributed by atoms with Gasteiger partial charge in [-0.05, 0) is 62.1 Å². The Morgan fingerprint density at radius 3 is 2.33 bits per heavy atom. The molecule has 1 N–H and O–H groups in total. The molecule has 174 valence electrons. The molecular weight excluding hydrogens is 454 g/mol. The fourth-order valence-corrected chi connectivity index (χ4v) is 7.46. The first-order valence-corrected chi connectivity index (χ1v) is 14.0. The summed E-state index contributed by atoms with van der Waals surface area (Å²) in [6.07, 6.45) is 7.10. The van der Waals surface area contributed by atoms with Gasteiger partial charge in [0.05, 0.1) is 20.1 Å². The number of para-hydroxylation sites is 1. The van der Waals surface area contributed by atoms with E-state index in [4.69, 9.17) is 4.98 Å². The van der Waals surface area contributed by atoms with Crippen LogP contribution in [0.25, 0.3) is 10.2 Å². The molecule has 2 heterocycles. The Morgan fingerprint density at radius 1 is 0.939 bits per heavy atom. The lowest BCUT2D eigenvalue weighted by Gasteiger charge is -2.30. The number of amides is 1. The van der Waals surface area contributed by atoms with Gasteiger partial charge in [0.1, 0.15) is 0 Å². The van der Waals surface area contributed by atoms with Gasteiger partial charge >= 0.3 is 0 Å². The zero-order chi connectivity index (χ0) is 22.8. The van der Waals surface area contributed by atoms with Crippen LogP contribution in [-0.2, 0) is 10.0 Å². The van der Waals surface area contributed by atoms with E-state index in [0.29, 0.717) is 24.6 Å². The van der Waals surface area contributed by atoms with Crippen LogP contribution in [0.15, 0.2) is 53.4 Å². The zero-order valence-corrected chi connectivity index (χ0v) is 20.2. The minimum absolute atomic E-state index is 0.123. The lowest BCUT2D eigenvalue weighted by molar-refractivity contribution is 0.0927. The third-order valence-corrected chi connectivity index (χ3v) is 9.92. The molecule has 1 aliphatic heterocycles. The topological polar surface area (TPSA) is 79.4 Å². The minimum atomic E-state index is -3.58. The largest absolute Gasteiger partial charge is 0.349 e. The van der Waals surface area contributed by atoms with Crippen molar-refractivity contribution in [2.24, 2.45) is 0 Å². The molecule has 8 heteroatoms. The van der Waals surface area contributed by atoms with E-state index in [2.05, 4.69) is 11.4 Å². The first kappa shape index (κ1) is 22.5. The van der Waals surface area contributed by atoms with Crippen LogP contribution >= 0.6 is 11.3 Å². The number of carbonyl (C=O) groups excluding carboxylic acids is 1. The number of rotatable bonds is 5. The minimum Gasteiger partial charge on any atom is -0.349 e. The van der Waals surface area contributed by atoms with Crippen LogP contribution in [0.1, 0.15) is 66.2 Å². The van der Waals surface area contributed by atoms with E-state index in [9.17, 15) is 13.2 Å². The summed E-state index contributed by atoms with van der Waals surface area (Å²) < 4.78 is 29.1. The van der Waals surface area contributed by atoms with Gasteiger partial charge < -0.3 is 5.32 Å². The maximum atomic E-state index is 13.2. The van der Waals surface area contributed by atoms with E-state index in [-0.39, 0.29) is 16.8 Å². The van der Waals surface area contributed by atoms with Crippen molar-refractivity contribution in [2.45, 2.75) is 61.8 Å². The predicted molar refractivity (Wildman–Crippen MR) is 131 cm³/mol. The third kappa shape index (κ3) is 4.83. The Bertz CT molecular complexity index is 1190. The summed E-state index contributed by atoms with van der Waals surface area (Å²) in [6, 6.07) is 14.7. The second-order valence-electron chi connectivity index (χ2n) is 9.03. The Balaban J connectivity index is 1.22. The molecule has 1 aromatic heterocycles. The summed E-state index contributed by atoms with van der Waals surface area (Å²) in [5, 5.41) is 4.18. The maximum Gasteiger partial charge on any atom is 0.251 e. The SMILES string of the molecule is O=C(NC1CCCCC1)c1ccc(S(=O)(=O)N2CCC(c3nc4ccccc4s3)CC2)cc1. The summed E-state index contributed by atoms with van der Waals surface area (Å²) in [6.45, 7) is 0.958. The van der Waals surface area contributed by atoms with Gasteiger partial charge in [-0.1, -0.05) is 31.4 Å². The summed E-state index contributed by atoms with van der Waals surface area (Å²) >= 11 is 1.71. The zero-order valence-electron chi connectivity index (χ0n) is 18.6. The lowest BCUT2D eigenvalue weighted by Crippen LogP contribution is -2.38. The molecule has 2 aliphatic rings. The molecule has 2 fully saturated rings. The van der Waals surface area contributed by atoms with Gasteiger partial charge in [-0.2, -0.15) is 4.31 Å². The molecule has 2 aromatic carbocycles. The van der Waals surface area contributed by atoms with E-state index in [1.807, 2.05) is 18.2 Å². The van der Waals surface area contributed by atoms with Crippen LogP contribution in [0.2, 0.25) is 0 Å². The van der Waals surface area contributed by atoms with Gasteiger partial charge in [-0.25, -0.2) is 13.4 Å². The summed E-state index contributed by atoms with van der Waals surface area (Å²) in [5.41, 5.74) is 1.52. The van der Waals surface area contributed by atoms with Crippen molar-refractivity contribution in [2.75, 3.05) is 13.1 Å². The smallest absolute Gasteiger partial charge is 0.251 e. The van der Waals surface area contributed by atoms with Crippen LogP contribution in [0.3, 0.4) is 0 Å². The molecule has 6 nitrogen and oxygen atoms in total. The molecule has 5 rings (SSSR count). The molecule has 1 saturated heterocycles. The van der Waals surface area contributed by atoms with E-state index in [1.54, 1.807) is 39.9 Å². The number of thiazole rings is 1. The van der Waals surface area contributed by atoms with E-state index < -0.39 is 10.0 Å². The first-order chi connectivity index (χ1) is 16.0. The maximum absolute atomic E-state index is 13.2. The highest BCUT2D eigenvalue weighted by atomic mass is 32.2. The monoisotopic (exact) mass is 483 g/mol. The van der Waals surface area contributed by atoms with Gasteiger partial charge in [0.15, 0.2) is 0 Å². The van der Waals surface area contributed by atoms with Crippen molar-refractivity contribution < 1.29 is 13.2 Å². The second kappa shape index (κ2) is 9.52. The van der Waals surface area contributed by atoms with Crippen molar-refractivity contribution >= 4 is 37.5 Å². The fourth-order valence-electron chi connectivity index (χ4n) is 4.85. The predicted octanol–water partition coefficient (Wildman–Crippen LogP) is 4.93. The Morgan fingerprint density at radius 2 is 1.64 bits per heavy atom. The molecule has 1 aliphatic carbocycles. The lowest BCUT2D eigenvalue weighted by atomic mass is 9.95. The van der Waals surface area contributed by atoms with Gasteiger partial charge in [-0.3, -0.25) is 4.79 Å². The van der Waals surface area contributed by atoms with Crippen molar-refractivity contribution in [1.29, 1.82) is 0 Å². The quantitative estimate of drug-likeness (QED) is 0.558. The van der Waals surface area contributed by atoms with Crippen LogP contribution in [0.5, 0.6) is 0 Å². The Hall–Kier alpha value is -2.29. The summed E-state index contributed by atoms with van der Waals surface area (Å²) in [5.74, 6) is 0.169. The van der Waals surface area contributed by atoms with Crippen LogP contribution in [0.4, 0.5) is 0 Å². The van der Waals surface area contributed by atoms with Crippen LogP contribution < -0.4 is 5.32 Å². The van der Waals surface area contributed by atoms with Crippen LogP contribution in [0, 0.1) is 0 Å².